The van der Waals surface area contributed by atoms with Crippen molar-refractivity contribution < 1.29 is 13.2 Å². The van der Waals surface area contributed by atoms with Gasteiger partial charge in [-0.3, -0.25) is 11.3 Å². The number of nitrogens with one attached hydrogen (secondary N) is 1. The molecule has 0 aliphatic heterocycles. The summed E-state index contributed by atoms with van der Waals surface area (Å²) in [5, 5.41) is 0. The van der Waals surface area contributed by atoms with Crippen molar-refractivity contribution in [2.24, 2.45) is 5.84 Å². The summed E-state index contributed by atoms with van der Waals surface area (Å²) in [6.45, 7) is 4.47. The molecule has 92 valence electrons. The molecule has 0 aliphatic rings. The van der Waals surface area contributed by atoms with E-state index in [9.17, 15) is 8.42 Å². The molecule has 6 heteroatoms. The number of nitrogens with two attached hydrogens (primary N) is 1. The lowest BCUT2D eigenvalue weighted by Gasteiger charge is -2.22. The molecule has 2 atom stereocenters. The number of sulfone groups is 1. The van der Waals surface area contributed by atoms with Crippen LogP contribution in [0.2, 0.25) is 0 Å². The van der Waals surface area contributed by atoms with E-state index < -0.39 is 9.84 Å². The van der Waals surface area contributed by atoms with E-state index in [0.29, 0.717) is 19.4 Å². The molecule has 2 unspecified atom stereocenters. The predicted molar refractivity (Wildman–Crippen MR) is 61.1 cm³/mol. The molecule has 3 N–H and O–H groups in total. The first-order valence-electron chi connectivity index (χ1n) is 5.16. The first-order chi connectivity index (χ1) is 6.90. The highest BCUT2D eigenvalue weighted by atomic mass is 32.2. The molecular formula is C9H22N2O3S. The summed E-state index contributed by atoms with van der Waals surface area (Å²) < 4.78 is 27.2. The maximum Gasteiger partial charge on any atom is 0.147 e. The number of rotatable bonds is 8. The van der Waals surface area contributed by atoms with Crippen molar-refractivity contribution >= 4 is 9.84 Å². The molecule has 0 aromatic heterocycles. The van der Waals surface area contributed by atoms with Gasteiger partial charge in [-0.05, 0) is 26.7 Å². The summed E-state index contributed by atoms with van der Waals surface area (Å²) in [5.41, 5.74) is 2.65. The quantitative estimate of drug-likeness (QED) is 0.462. The highest BCUT2D eigenvalue weighted by Crippen LogP contribution is 2.06. The fraction of sp³-hybridized carbons (Fsp3) is 1.00. The Kier molecular flexibility index (Phi) is 7.08. The maximum absolute atomic E-state index is 10.9. The molecule has 15 heavy (non-hydrogen) atoms. The molecule has 0 amide bonds. The molecule has 0 saturated heterocycles. The normalized spacial score (nSPS) is 16.3. The second-order valence-corrected chi connectivity index (χ2v) is 5.97. The third-order valence-electron chi connectivity index (χ3n) is 2.24. The predicted octanol–water partition coefficient (Wildman–Crippen LogP) is 0.0681. The second-order valence-electron chi connectivity index (χ2n) is 3.71. The van der Waals surface area contributed by atoms with Gasteiger partial charge in [0, 0.05) is 24.7 Å². The Morgan fingerprint density at radius 3 is 2.47 bits per heavy atom. The van der Waals surface area contributed by atoms with E-state index in [1.165, 1.54) is 6.26 Å². The summed E-state index contributed by atoms with van der Waals surface area (Å²) >= 11 is 0. The molecule has 0 heterocycles. The monoisotopic (exact) mass is 238 g/mol. The van der Waals surface area contributed by atoms with Crippen molar-refractivity contribution in [2.45, 2.75) is 38.8 Å². The summed E-state index contributed by atoms with van der Waals surface area (Å²) in [6, 6.07) is 0.00620. The van der Waals surface area contributed by atoms with Crippen LogP contribution in [0.1, 0.15) is 26.7 Å². The van der Waals surface area contributed by atoms with Crippen LogP contribution in [0.5, 0.6) is 0 Å². The zero-order valence-corrected chi connectivity index (χ0v) is 10.5. The van der Waals surface area contributed by atoms with Crippen LogP contribution in [0.15, 0.2) is 0 Å². The van der Waals surface area contributed by atoms with Gasteiger partial charge in [0.05, 0.1) is 6.10 Å². The van der Waals surface area contributed by atoms with Crippen molar-refractivity contribution in [3.63, 3.8) is 0 Å². The van der Waals surface area contributed by atoms with Crippen LogP contribution >= 0.6 is 0 Å². The lowest BCUT2D eigenvalue weighted by Crippen LogP contribution is -2.44. The minimum atomic E-state index is -2.88. The van der Waals surface area contributed by atoms with Gasteiger partial charge in [0.2, 0.25) is 0 Å². The first kappa shape index (κ1) is 14.8. The molecule has 0 saturated carbocycles. The van der Waals surface area contributed by atoms with Gasteiger partial charge in [-0.15, -0.1) is 0 Å². The van der Waals surface area contributed by atoms with Gasteiger partial charge in [0.15, 0.2) is 0 Å². The van der Waals surface area contributed by atoms with Crippen LogP contribution in [0.4, 0.5) is 0 Å². The van der Waals surface area contributed by atoms with E-state index in [2.05, 4.69) is 5.43 Å². The summed E-state index contributed by atoms with van der Waals surface area (Å²) in [6.07, 6.45) is 2.54. The molecule has 0 radical (unpaired) electrons. The summed E-state index contributed by atoms with van der Waals surface area (Å²) in [5.74, 6) is 5.57. The van der Waals surface area contributed by atoms with Crippen molar-refractivity contribution in [1.82, 2.24) is 5.43 Å². The van der Waals surface area contributed by atoms with Gasteiger partial charge in [-0.25, -0.2) is 8.42 Å². The van der Waals surface area contributed by atoms with Crippen molar-refractivity contribution in [1.29, 1.82) is 0 Å². The van der Waals surface area contributed by atoms with Gasteiger partial charge in [0.25, 0.3) is 0 Å². The number of hydrazine groups is 1. The van der Waals surface area contributed by atoms with Gasteiger partial charge in [-0.1, -0.05) is 0 Å². The number of ether oxygens (including phenoxy) is 1. The summed E-state index contributed by atoms with van der Waals surface area (Å²) in [7, 11) is -2.88. The van der Waals surface area contributed by atoms with Gasteiger partial charge >= 0.3 is 0 Å². The van der Waals surface area contributed by atoms with E-state index in [4.69, 9.17) is 10.6 Å². The lowest BCUT2D eigenvalue weighted by molar-refractivity contribution is 0.0451. The second kappa shape index (κ2) is 7.16. The van der Waals surface area contributed by atoms with Crippen molar-refractivity contribution in [3.8, 4) is 0 Å². The average molecular weight is 238 g/mol. The van der Waals surface area contributed by atoms with E-state index in [1.54, 1.807) is 0 Å². The Bertz CT molecular complexity index is 254. The van der Waals surface area contributed by atoms with Gasteiger partial charge in [-0.2, -0.15) is 0 Å². The van der Waals surface area contributed by atoms with Crippen molar-refractivity contribution in [3.05, 3.63) is 0 Å². The molecule has 0 aromatic carbocycles. The van der Waals surface area contributed by atoms with E-state index in [1.807, 2.05) is 13.8 Å². The van der Waals surface area contributed by atoms with Gasteiger partial charge in [0.1, 0.15) is 9.84 Å². The third-order valence-corrected chi connectivity index (χ3v) is 3.27. The number of hydrogen-bond acceptors (Lipinski definition) is 5. The topological polar surface area (TPSA) is 81.4 Å². The molecule has 0 bridgehead atoms. The largest absolute Gasteiger partial charge is 0.377 e. The first-order valence-corrected chi connectivity index (χ1v) is 7.22. The minimum absolute atomic E-state index is 0.000407. The van der Waals surface area contributed by atoms with Crippen LogP contribution in [0.25, 0.3) is 0 Å². The highest BCUT2D eigenvalue weighted by Gasteiger charge is 2.16. The van der Waals surface area contributed by atoms with Crippen LogP contribution in [0.3, 0.4) is 0 Å². The smallest absolute Gasteiger partial charge is 0.147 e. The molecule has 0 aliphatic carbocycles. The molecule has 5 nitrogen and oxygen atoms in total. The van der Waals surface area contributed by atoms with E-state index >= 15 is 0 Å². The minimum Gasteiger partial charge on any atom is -0.377 e. The Hall–Kier alpha value is -0.170. The third kappa shape index (κ3) is 7.72. The SMILES string of the molecule is CCOC(C)C(CCCS(C)(=O)=O)NN. The van der Waals surface area contributed by atoms with Gasteiger partial charge < -0.3 is 4.74 Å². The molecule has 0 spiro atoms. The zero-order chi connectivity index (χ0) is 11.9. The fourth-order valence-corrected chi connectivity index (χ4v) is 2.09. The maximum atomic E-state index is 10.9. The van der Waals surface area contributed by atoms with Crippen LogP contribution in [-0.2, 0) is 14.6 Å². The molecular weight excluding hydrogens is 216 g/mol. The van der Waals surface area contributed by atoms with E-state index in [-0.39, 0.29) is 17.9 Å². The molecule has 0 rings (SSSR count). The molecule has 0 aromatic rings. The van der Waals surface area contributed by atoms with Crippen LogP contribution in [0, 0.1) is 0 Å². The van der Waals surface area contributed by atoms with Crippen molar-refractivity contribution in [2.75, 3.05) is 18.6 Å². The Morgan fingerprint density at radius 2 is 2.07 bits per heavy atom. The zero-order valence-electron chi connectivity index (χ0n) is 9.69. The average Bonchev–Trinajstić information content (AvgIpc) is 2.11. The van der Waals surface area contributed by atoms with Crippen LogP contribution in [-0.4, -0.2) is 39.2 Å². The highest BCUT2D eigenvalue weighted by molar-refractivity contribution is 7.90. The van der Waals surface area contributed by atoms with E-state index in [0.717, 1.165) is 0 Å². The number of hydrogen-bond donors (Lipinski definition) is 2. The fourth-order valence-electron chi connectivity index (χ4n) is 1.40. The standard InChI is InChI=1S/C9H22N2O3S/c1-4-14-8(2)9(11-10)6-5-7-15(3,12)13/h8-9,11H,4-7,10H2,1-3H3. The lowest BCUT2D eigenvalue weighted by atomic mass is 10.1. The Morgan fingerprint density at radius 1 is 1.47 bits per heavy atom. The molecule has 0 fully saturated rings. The Balaban J connectivity index is 3.90. The van der Waals surface area contributed by atoms with Crippen LogP contribution < -0.4 is 11.3 Å². The Labute approximate surface area is 92.3 Å². The summed E-state index contributed by atoms with van der Waals surface area (Å²) in [4.78, 5) is 0.